The molecule has 206 valence electrons. The second kappa shape index (κ2) is 9.93. The largest absolute Gasteiger partial charge is 0.390 e. The molecule has 1 aromatic rings. The van der Waals surface area contributed by atoms with E-state index in [1.54, 1.807) is 27.7 Å². The molecule has 5 rings (SSSR count). The van der Waals surface area contributed by atoms with Gasteiger partial charge in [0.15, 0.2) is 29.4 Å². The van der Waals surface area contributed by atoms with Crippen molar-refractivity contribution in [1.82, 2.24) is 0 Å². The van der Waals surface area contributed by atoms with Crippen molar-refractivity contribution in [2.24, 2.45) is 0 Å². The molecule has 0 radical (unpaired) electrons. The van der Waals surface area contributed by atoms with Crippen molar-refractivity contribution in [3.05, 3.63) is 35.9 Å². The zero-order valence-corrected chi connectivity index (χ0v) is 22.2. The molecular formula is C27H38O10. The first-order valence-electron chi connectivity index (χ1n) is 12.9. The number of hydrogen-bond acceptors (Lipinski definition) is 10. The number of ketones is 1. The smallest absolute Gasteiger partial charge is 0.190 e. The number of ether oxygens (including phenoxy) is 8. The molecule has 1 N–H and O–H groups in total. The summed E-state index contributed by atoms with van der Waals surface area (Å²) in [7, 11) is 0. The van der Waals surface area contributed by atoms with Crippen molar-refractivity contribution in [3.63, 3.8) is 0 Å². The van der Waals surface area contributed by atoms with Crippen LogP contribution in [0.25, 0.3) is 0 Å². The lowest BCUT2D eigenvalue weighted by atomic mass is 9.96. The minimum Gasteiger partial charge on any atom is -0.390 e. The minimum atomic E-state index is -1.18. The third-order valence-electron chi connectivity index (χ3n) is 6.95. The van der Waals surface area contributed by atoms with Crippen LogP contribution in [0.4, 0.5) is 0 Å². The van der Waals surface area contributed by atoms with E-state index in [4.69, 9.17) is 37.9 Å². The van der Waals surface area contributed by atoms with Crippen molar-refractivity contribution >= 4 is 5.78 Å². The average molecular weight is 523 g/mol. The Morgan fingerprint density at radius 1 is 0.946 bits per heavy atom. The molecular weight excluding hydrogens is 484 g/mol. The van der Waals surface area contributed by atoms with Crippen molar-refractivity contribution < 1.29 is 47.8 Å². The number of carbonyl (C=O) groups is 1. The van der Waals surface area contributed by atoms with E-state index in [0.29, 0.717) is 6.61 Å². The molecule has 10 nitrogen and oxygen atoms in total. The highest BCUT2D eigenvalue weighted by molar-refractivity contribution is 5.84. The van der Waals surface area contributed by atoms with Gasteiger partial charge in [-0.15, -0.1) is 0 Å². The Balaban J connectivity index is 1.28. The third kappa shape index (κ3) is 5.93. The zero-order valence-electron chi connectivity index (χ0n) is 22.2. The molecule has 0 aliphatic carbocycles. The molecule has 4 heterocycles. The van der Waals surface area contributed by atoms with E-state index in [-0.39, 0.29) is 18.8 Å². The summed E-state index contributed by atoms with van der Waals surface area (Å²) in [6.45, 7) is 11.3. The van der Waals surface area contributed by atoms with Gasteiger partial charge in [0, 0.05) is 6.42 Å². The molecule has 0 saturated carbocycles. The molecule has 0 bridgehead atoms. The monoisotopic (exact) mass is 522 g/mol. The van der Waals surface area contributed by atoms with Gasteiger partial charge in [-0.25, -0.2) is 0 Å². The van der Waals surface area contributed by atoms with Gasteiger partial charge in [-0.05, 0) is 47.1 Å². The number of aliphatic hydroxyl groups excluding tert-OH is 1. The fraction of sp³-hybridized carbons (Fsp3) is 0.741. The van der Waals surface area contributed by atoms with E-state index >= 15 is 0 Å². The average Bonchev–Trinajstić information content (AvgIpc) is 3.51. The summed E-state index contributed by atoms with van der Waals surface area (Å²) in [5, 5.41) is 11.2. The fourth-order valence-electron chi connectivity index (χ4n) is 5.40. The minimum absolute atomic E-state index is 0.226. The summed E-state index contributed by atoms with van der Waals surface area (Å²) in [6, 6.07) is 9.69. The lowest BCUT2D eigenvalue weighted by Crippen LogP contribution is -2.46. The molecule has 4 fully saturated rings. The number of hydrogen-bond donors (Lipinski definition) is 1. The molecule has 1 aromatic carbocycles. The van der Waals surface area contributed by atoms with E-state index in [1.165, 1.54) is 0 Å². The fourth-order valence-corrected chi connectivity index (χ4v) is 5.40. The van der Waals surface area contributed by atoms with E-state index in [2.05, 4.69) is 0 Å². The molecule has 4 aliphatic rings. The van der Waals surface area contributed by atoms with Crippen molar-refractivity contribution in [1.29, 1.82) is 0 Å². The summed E-state index contributed by atoms with van der Waals surface area (Å²) in [5.41, 5.74) is 0.969. The predicted molar refractivity (Wildman–Crippen MR) is 128 cm³/mol. The first kappa shape index (κ1) is 27.1. The summed E-state index contributed by atoms with van der Waals surface area (Å²) in [6.07, 6.45) is -6.22. The van der Waals surface area contributed by atoms with Crippen LogP contribution < -0.4 is 0 Å². The van der Waals surface area contributed by atoms with Crippen LogP contribution in [0.15, 0.2) is 30.3 Å². The molecule has 0 unspecified atom stereocenters. The van der Waals surface area contributed by atoms with Gasteiger partial charge in [-0.1, -0.05) is 30.3 Å². The van der Waals surface area contributed by atoms with Gasteiger partial charge in [0.2, 0.25) is 0 Å². The van der Waals surface area contributed by atoms with Crippen LogP contribution >= 0.6 is 0 Å². The third-order valence-corrected chi connectivity index (χ3v) is 6.95. The molecule has 37 heavy (non-hydrogen) atoms. The molecule has 8 atom stereocenters. The van der Waals surface area contributed by atoms with Crippen LogP contribution in [-0.2, 0) is 49.3 Å². The van der Waals surface area contributed by atoms with Crippen molar-refractivity contribution in [2.75, 3.05) is 6.61 Å². The van der Waals surface area contributed by atoms with Gasteiger partial charge in [-0.3, -0.25) is 4.79 Å². The van der Waals surface area contributed by atoms with E-state index in [1.807, 2.05) is 44.2 Å². The normalized spacial score (nSPS) is 38.5. The van der Waals surface area contributed by atoms with Crippen LogP contribution in [0.1, 0.15) is 53.5 Å². The summed E-state index contributed by atoms with van der Waals surface area (Å²) in [4.78, 5) is 13.4. The highest BCUT2D eigenvalue weighted by atomic mass is 16.8. The highest BCUT2D eigenvalue weighted by Crippen LogP contribution is 2.41. The lowest BCUT2D eigenvalue weighted by Gasteiger charge is -2.29. The van der Waals surface area contributed by atoms with Gasteiger partial charge < -0.3 is 43.0 Å². The Morgan fingerprint density at radius 2 is 1.62 bits per heavy atom. The van der Waals surface area contributed by atoms with Crippen molar-refractivity contribution in [3.8, 4) is 0 Å². The van der Waals surface area contributed by atoms with Gasteiger partial charge >= 0.3 is 0 Å². The van der Waals surface area contributed by atoms with Crippen molar-refractivity contribution in [2.45, 2.75) is 121 Å². The Hall–Kier alpha value is -1.47. The molecule has 4 aliphatic heterocycles. The van der Waals surface area contributed by atoms with E-state index in [9.17, 15) is 9.90 Å². The second-order valence-corrected chi connectivity index (χ2v) is 11.5. The molecule has 0 aromatic heterocycles. The lowest BCUT2D eigenvalue weighted by molar-refractivity contribution is -0.230. The zero-order chi connectivity index (χ0) is 26.6. The van der Waals surface area contributed by atoms with Crippen LogP contribution in [0.2, 0.25) is 0 Å². The Labute approximate surface area is 217 Å². The van der Waals surface area contributed by atoms with Gasteiger partial charge in [0.25, 0.3) is 0 Å². The predicted octanol–water partition coefficient (Wildman–Crippen LogP) is 2.44. The quantitative estimate of drug-likeness (QED) is 0.546. The Bertz CT molecular complexity index is 963. The summed E-state index contributed by atoms with van der Waals surface area (Å²) in [5.74, 6) is -2.93. The molecule has 4 saturated heterocycles. The van der Waals surface area contributed by atoms with Crippen LogP contribution in [0.5, 0.6) is 0 Å². The maximum atomic E-state index is 13.4. The molecule has 10 heteroatoms. The van der Waals surface area contributed by atoms with E-state index in [0.717, 1.165) is 5.56 Å². The first-order chi connectivity index (χ1) is 17.3. The second-order valence-electron chi connectivity index (χ2n) is 11.5. The summed E-state index contributed by atoms with van der Waals surface area (Å²) >= 11 is 0. The number of benzene rings is 1. The maximum absolute atomic E-state index is 13.4. The highest BCUT2D eigenvalue weighted by Gasteiger charge is 2.58. The van der Waals surface area contributed by atoms with E-state index < -0.39 is 66.4 Å². The van der Waals surface area contributed by atoms with Gasteiger partial charge in [0.05, 0.1) is 19.3 Å². The number of carbonyl (C=O) groups excluding carboxylic acids is 1. The standard InChI is InChI=1S/C27H38O10/c1-25(2)31-14-18(33-25)21-20(34-26(3,4)35-21)17(29)12-16(28)19-22(30-13-15-10-8-7-9-11-15)23-24(32-19)37-27(5,6)36-23/h7-11,16,18-24,28H,12-14H2,1-6H3/t16-,18+,19-,20+,21+,22+,23-,24-/m1/s1. The van der Waals surface area contributed by atoms with Gasteiger partial charge in [0.1, 0.15) is 36.6 Å². The van der Waals surface area contributed by atoms with Crippen LogP contribution in [0, 0.1) is 0 Å². The molecule has 0 amide bonds. The first-order valence-corrected chi connectivity index (χ1v) is 12.9. The maximum Gasteiger partial charge on any atom is 0.190 e. The SMILES string of the molecule is CC1(C)O[C@H]2O[C@H]([C@H](O)CC(=O)[C@@H]3OC(C)(C)O[C@H]3[C@@H]3COC(C)(C)O3)[C@H](OCc3ccccc3)[C@H]2O1. The van der Waals surface area contributed by atoms with Gasteiger partial charge in [-0.2, -0.15) is 0 Å². The number of fused-ring (bicyclic) bond motifs is 1. The topological polar surface area (TPSA) is 111 Å². The number of rotatable bonds is 8. The molecule has 0 spiro atoms. The van der Waals surface area contributed by atoms with Crippen LogP contribution in [0.3, 0.4) is 0 Å². The summed E-state index contributed by atoms with van der Waals surface area (Å²) < 4.78 is 47.8. The van der Waals surface area contributed by atoms with Crippen LogP contribution in [-0.4, -0.2) is 83.9 Å². The number of aliphatic hydroxyl groups is 1. The Morgan fingerprint density at radius 3 is 2.30 bits per heavy atom. The number of Topliss-reactive ketones (excluding diaryl/α,β-unsaturated/α-hetero) is 1. The Kier molecular flexibility index (Phi) is 7.27.